The minimum Gasteiger partial charge on any atom is -0.462 e. The zero-order valence-electron chi connectivity index (χ0n) is 23.0. The number of nitrogens with one attached hydrogen (secondary N) is 1. The molecule has 0 atom stereocenters. The Balaban J connectivity index is 1.48. The molecule has 1 amide bonds. The molecule has 0 aliphatic carbocycles. The molecular weight excluding hydrogens is 542 g/mol. The Bertz CT molecular complexity index is 1640. The van der Waals surface area contributed by atoms with Gasteiger partial charge in [0.25, 0.3) is 15.9 Å². The van der Waals surface area contributed by atoms with Crippen LogP contribution in [-0.2, 0) is 26.0 Å². The van der Waals surface area contributed by atoms with Gasteiger partial charge in [0, 0.05) is 5.56 Å². The van der Waals surface area contributed by atoms with Crippen LogP contribution in [0.2, 0.25) is 0 Å². The quantitative estimate of drug-likeness (QED) is 0.147. The van der Waals surface area contributed by atoms with Crippen LogP contribution in [0.15, 0.2) is 99.3 Å². The molecule has 0 spiro atoms. The summed E-state index contributed by atoms with van der Waals surface area (Å²) in [6, 6.07) is 23.8. The number of carbonyl (C=O) groups is 2. The largest absolute Gasteiger partial charge is 0.462 e. The number of carbonyl (C=O) groups excluding carboxylic acids is 2. The van der Waals surface area contributed by atoms with E-state index in [1.54, 1.807) is 67.6 Å². The van der Waals surface area contributed by atoms with Crippen molar-refractivity contribution in [1.82, 2.24) is 5.43 Å². The maximum absolute atomic E-state index is 13.6. The maximum atomic E-state index is 13.6. The Morgan fingerprint density at radius 3 is 2.34 bits per heavy atom. The number of sulfonamides is 1. The van der Waals surface area contributed by atoms with E-state index in [0.29, 0.717) is 35.8 Å². The second-order valence-electron chi connectivity index (χ2n) is 9.10. The zero-order valence-corrected chi connectivity index (χ0v) is 23.9. The minimum absolute atomic E-state index is 0.0868. The third kappa shape index (κ3) is 7.09. The third-order valence-electron chi connectivity index (χ3n) is 6.23. The van der Waals surface area contributed by atoms with E-state index < -0.39 is 28.4 Å². The van der Waals surface area contributed by atoms with E-state index in [2.05, 4.69) is 10.5 Å². The third-order valence-corrected chi connectivity index (χ3v) is 8.00. The number of esters is 1. The van der Waals surface area contributed by atoms with Gasteiger partial charge in [0.15, 0.2) is 0 Å². The molecule has 10 heteroatoms. The summed E-state index contributed by atoms with van der Waals surface area (Å²) >= 11 is 0. The van der Waals surface area contributed by atoms with Crippen LogP contribution in [0.1, 0.15) is 41.1 Å². The number of hydrogen-bond donors (Lipinski definition) is 1. The number of aryl methyl sites for hydroxylation is 2. The first-order valence-corrected chi connectivity index (χ1v) is 14.5. The van der Waals surface area contributed by atoms with Crippen molar-refractivity contribution in [2.24, 2.45) is 5.10 Å². The summed E-state index contributed by atoms with van der Waals surface area (Å²) in [5.41, 5.74) is 5.72. The lowest BCUT2D eigenvalue weighted by molar-refractivity contribution is -0.119. The molecule has 3 aromatic carbocycles. The molecule has 212 valence electrons. The van der Waals surface area contributed by atoms with Crippen molar-refractivity contribution in [2.45, 2.75) is 32.1 Å². The fraction of sp³-hybridized carbons (Fsp3) is 0.194. The molecule has 0 bridgehead atoms. The first-order chi connectivity index (χ1) is 19.7. The molecule has 0 fully saturated rings. The Morgan fingerprint density at radius 1 is 0.951 bits per heavy atom. The summed E-state index contributed by atoms with van der Waals surface area (Å²) in [5.74, 6) is -0.107. The number of rotatable bonds is 11. The fourth-order valence-electron chi connectivity index (χ4n) is 4.09. The van der Waals surface area contributed by atoms with Crippen LogP contribution in [0.5, 0.6) is 0 Å². The lowest BCUT2D eigenvalue weighted by Crippen LogP contribution is -2.40. The predicted molar refractivity (Wildman–Crippen MR) is 157 cm³/mol. The van der Waals surface area contributed by atoms with Crippen molar-refractivity contribution in [1.29, 1.82) is 0 Å². The number of ether oxygens (including phenoxy) is 1. The first kappa shape index (κ1) is 29.3. The van der Waals surface area contributed by atoms with Gasteiger partial charge in [-0.3, -0.25) is 9.10 Å². The average Bonchev–Trinajstić information content (AvgIpc) is 3.45. The number of hydrogen-bond acceptors (Lipinski definition) is 7. The fourth-order valence-corrected chi connectivity index (χ4v) is 5.55. The van der Waals surface area contributed by atoms with Gasteiger partial charge in [0.1, 0.15) is 18.1 Å². The smallest absolute Gasteiger partial charge is 0.338 e. The molecular formula is C31H31N3O6S. The topological polar surface area (TPSA) is 118 Å². The molecule has 0 aliphatic heterocycles. The second-order valence-corrected chi connectivity index (χ2v) is 11.0. The molecule has 1 heterocycles. The standard InChI is InChI=1S/C31H31N3O6S/c1-4-23-8-6-7-9-28(23)34(41(37,38)27-17-10-22(3)11-18-27)21-30(35)33-32-20-26-16-19-29(40-26)24-12-14-25(15-13-24)31(36)39-5-2/h6-20H,4-5,21H2,1-3H3,(H,33,35)/b32-20-. The van der Waals surface area contributed by atoms with Gasteiger partial charge in [-0.1, -0.05) is 55.0 Å². The van der Waals surface area contributed by atoms with Crippen LogP contribution < -0.4 is 9.73 Å². The summed E-state index contributed by atoms with van der Waals surface area (Å²) in [6.45, 7) is 5.36. The van der Waals surface area contributed by atoms with Crippen LogP contribution in [0.4, 0.5) is 5.69 Å². The van der Waals surface area contributed by atoms with Crippen LogP contribution in [0.3, 0.4) is 0 Å². The van der Waals surface area contributed by atoms with Gasteiger partial charge in [-0.25, -0.2) is 18.6 Å². The van der Waals surface area contributed by atoms with E-state index in [1.165, 1.54) is 18.3 Å². The zero-order chi connectivity index (χ0) is 29.4. The van der Waals surface area contributed by atoms with Crippen molar-refractivity contribution in [3.8, 4) is 11.3 Å². The van der Waals surface area contributed by atoms with E-state index in [0.717, 1.165) is 21.0 Å². The Hall–Kier alpha value is -4.70. The average molecular weight is 574 g/mol. The predicted octanol–water partition coefficient (Wildman–Crippen LogP) is 5.34. The molecule has 1 aromatic heterocycles. The van der Waals surface area contributed by atoms with Gasteiger partial charge >= 0.3 is 5.97 Å². The van der Waals surface area contributed by atoms with Crippen LogP contribution in [-0.4, -0.2) is 39.7 Å². The molecule has 4 aromatic rings. The molecule has 0 aliphatic rings. The maximum Gasteiger partial charge on any atom is 0.338 e. The van der Waals surface area contributed by atoms with E-state index in [1.807, 2.05) is 26.0 Å². The SMILES string of the molecule is CCOC(=O)c1ccc(-c2ccc(/C=N\NC(=O)CN(c3ccccc3CC)S(=O)(=O)c3ccc(C)cc3)o2)cc1. The summed E-state index contributed by atoms with van der Waals surface area (Å²) in [5, 5.41) is 3.96. The van der Waals surface area contributed by atoms with Gasteiger partial charge in [0.05, 0.1) is 29.0 Å². The molecule has 0 unspecified atom stereocenters. The number of furan rings is 1. The van der Waals surface area contributed by atoms with Crippen LogP contribution >= 0.6 is 0 Å². The highest BCUT2D eigenvalue weighted by Crippen LogP contribution is 2.28. The van der Waals surface area contributed by atoms with Crippen molar-refractivity contribution in [3.05, 3.63) is 107 Å². The highest BCUT2D eigenvalue weighted by Gasteiger charge is 2.28. The number of para-hydroxylation sites is 1. The summed E-state index contributed by atoms with van der Waals surface area (Å²) < 4.78 is 39.2. The van der Waals surface area contributed by atoms with Crippen LogP contribution in [0, 0.1) is 6.92 Å². The molecule has 1 N–H and O–H groups in total. The summed E-state index contributed by atoms with van der Waals surface area (Å²) in [7, 11) is -4.04. The summed E-state index contributed by atoms with van der Waals surface area (Å²) in [6.07, 6.45) is 1.91. The molecule has 9 nitrogen and oxygen atoms in total. The number of benzene rings is 3. The molecule has 0 saturated carbocycles. The van der Waals surface area contributed by atoms with E-state index >= 15 is 0 Å². The number of amides is 1. The van der Waals surface area contributed by atoms with Gasteiger partial charge in [-0.05, 0) is 68.3 Å². The molecule has 41 heavy (non-hydrogen) atoms. The van der Waals surface area contributed by atoms with Gasteiger partial charge in [-0.15, -0.1) is 0 Å². The monoisotopic (exact) mass is 573 g/mol. The highest BCUT2D eigenvalue weighted by molar-refractivity contribution is 7.92. The molecule has 0 radical (unpaired) electrons. The van der Waals surface area contributed by atoms with Crippen molar-refractivity contribution in [2.75, 3.05) is 17.5 Å². The lowest BCUT2D eigenvalue weighted by Gasteiger charge is -2.25. The van der Waals surface area contributed by atoms with Gasteiger partial charge in [0.2, 0.25) is 0 Å². The Labute approximate surface area is 239 Å². The van der Waals surface area contributed by atoms with Gasteiger partial charge < -0.3 is 9.15 Å². The Morgan fingerprint density at radius 2 is 1.66 bits per heavy atom. The highest BCUT2D eigenvalue weighted by atomic mass is 32.2. The van der Waals surface area contributed by atoms with Crippen LogP contribution in [0.25, 0.3) is 11.3 Å². The number of hydrazone groups is 1. The second kappa shape index (κ2) is 13.1. The van der Waals surface area contributed by atoms with Crippen molar-refractivity contribution in [3.63, 3.8) is 0 Å². The van der Waals surface area contributed by atoms with Crippen molar-refractivity contribution < 1.29 is 27.2 Å². The van der Waals surface area contributed by atoms with Gasteiger partial charge in [-0.2, -0.15) is 5.10 Å². The van der Waals surface area contributed by atoms with Crippen molar-refractivity contribution >= 4 is 33.8 Å². The van der Waals surface area contributed by atoms with E-state index in [9.17, 15) is 18.0 Å². The van der Waals surface area contributed by atoms with E-state index in [4.69, 9.17) is 9.15 Å². The molecule has 0 saturated heterocycles. The molecule has 4 rings (SSSR count). The Kier molecular flexibility index (Phi) is 9.36. The number of anilines is 1. The minimum atomic E-state index is -4.04. The normalized spacial score (nSPS) is 11.4. The van der Waals surface area contributed by atoms with E-state index in [-0.39, 0.29) is 4.90 Å². The number of nitrogens with zero attached hydrogens (tertiary/aromatic N) is 2. The summed E-state index contributed by atoms with van der Waals surface area (Å²) in [4.78, 5) is 24.9. The lowest BCUT2D eigenvalue weighted by atomic mass is 10.1. The first-order valence-electron chi connectivity index (χ1n) is 13.1.